The van der Waals surface area contributed by atoms with Crippen LogP contribution in [0, 0.1) is 0 Å². The number of ether oxygens (including phenoxy) is 1. The van der Waals surface area contributed by atoms with Crippen LogP contribution >= 0.6 is 0 Å². The van der Waals surface area contributed by atoms with Crippen molar-refractivity contribution in [2.75, 3.05) is 18.6 Å². The van der Waals surface area contributed by atoms with Gasteiger partial charge < -0.3 is 14.5 Å². The molecule has 0 bridgehead atoms. The molecule has 2 amide bonds. The van der Waals surface area contributed by atoms with Crippen LogP contribution < -0.4 is 15.0 Å². The maximum atomic E-state index is 12.6. The Bertz CT molecular complexity index is 1000. The summed E-state index contributed by atoms with van der Waals surface area (Å²) in [7, 11) is 1.58. The minimum atomic E-state index is -0.906. The molecule has 28 heavy (non-hydrogen) atoms. The van der Waals surface area contributed by atoms with Crippen LogP contribution in [-0.4, -0.2) is 46.7 Å². The highest BCUT2D eigenvalue weighted by Crippen LogP contribution is 2.27. The van der Waals surface area contributed by atoms with Crippen molar-refractivity contribution in [1.82, 2.24) is 20.5 Å². The van der Waals surface area contributed by atoms with E-state index in [1.54, 1.807) is 25.4 Å². The topological polar surface area (TPSA) is 110 Å². The molecule has 1 aromatic carbocycles. The lowest BCUT2D eigenvalue weighted by Crippen LogP contribution is -2.49. The lowest BCUT2D eigenvalue weighted by Gasteiger charge is -2.18. The molecule has 9 heteroatoms. The van der Waals surface area contributed by atoms with Gasteiger partial charge in [-0.2, -0.15) is 0 Å². The molecule has 3 aromatic rings. The fraction of sp³-hybridized carbons (Fsp3) is 0.211. The fourth-order valence-corrected chi connectivity index (χ4v) is 2.84. The van der Waals surface area contributed by atoms with Crippen LogP contribution in [-0.2, 0) is 11.2 Å². The Labute approximate surface area is 160 Å². The highest BCUT2D eigenvalue weighted by Gasteiger charge is 2.32. The zero-order valence-corrected chi connectivity index (χ0v) is 15.0. The number of hydrogen-bond donors (Lipinski definition) is 1. The molecule has 1 aliphatic rings. The molecule has 3 heterocycles. The second kappa shape index (κ2) is 7.47. The summed E-state index contributed by atoms with van der Waals surface area (Å²) < 4.78 is 11.1. The molecule has 1 N–H and O–H groups in total. The van der Waals surface area contributed by atoms with Gasteiger partial charge in [0.25, 0.3) is 5.91 Å². The van der Waals surface area contributed by atoms with Gasteiger partial charge in [-0.25, -0.2) is 4.98 Å². The highest BCUT2D eigenvalue weighted by molar-refractivity contribution is 6.01. The Morgan fingerprint density at radius 3 is 2.86 bits per heavy atom. The van der Waals surface area contributed by atoms with Crippen LogP contribution in [0.1, 0.15) is 22.1 Å². The van der Waals surface area contributed by atoms with E-state index >= 15 is 0 Å². The molecule has 9 nitrogen and oxygen atoms in total. The third kappa shape index (κ3) is 3.54. The second-order valence-corrected chi connectivity index (χ2v) is 6.22. The van der Waals surface area contributed by atoms with Crippen molar-refractivity contribution in [3.8, 4) is 5.75 Å². The zero-order valence-electron chi connectivity index (χ0n) is 15.0. The Balaban J connectivity index is 1.45. The van der Waals surface area contributed by atoms with Crippen LogP contribution in [0.4, 0.5) is 5.82 Å². The molecular formula is C19H17N5O4. The first-order chi connectivity index (χ1) is 13.6. The van der Waals surface area contributed by atoms with Gasteiger partial charge in [-0.1, -0.05) is 30.3 Å². The van der Waals surface area contributed by atoms with Crippen LogP contribution in [0.25, 0.3) is 0 Å². The number of nitrogens with one attached hydrogen (secondary N) is 1. The van der Waals surface area contributed by atoms with E-state index in [-0.39, 0.29) is 18.4 Å². The number of carbonyl (C=O) groups is 2. The highest BCUT2D eigenvalue weighted by atomic mass is 16.5. The van der Waals surface area contributed by atoms with E-state index in [9.17, 15) is 9.59 Å². The quantitative estimate of drug-likeness (QED) is 0.725. The number of amides is 2. The van der Waals surface area contributed by atoms with Crippen LogP contribution in [0.2, 0.25) is 0 Å². The van der Waals surface area contributed by atoms with Gasteiger partial charge in [-0.15, -0.1) is 10.2 Å². The number of anilines is 1. The van der Waals surface area contributed by atoms with Gasteiger partial charge in [0.15, 0.2) is 11.6 Å². The van der Waals surface area contributed by atoms with E-state index in [2.05, 4.69) is 20.5 Å². The van der Waals surface area contributed by atoms with Gasteiger partial charge in [-0.3, -0.25) is 14.5 Å². The molecule has 0 aliphatic carbocycles. The van der Waals surface area contributed by atoms with Gasteiger partial charge >= 0.3 is 11.8 Å². The summed E-state index contributed by atoms with van der Waals surface area (Å²) in [6.45, 7) is -0.0292. The molecule has 142 valence electrons. The number of nitrogens with zero attached hydrogens (tertiary/aromatic N) is 4. The minimum Gasteiger partial charge on any atom is -0.487 e. The normalized spacial score (nSPS) is 16.1. The van der Waals surface area contributed by atoms with E-state index in [4.69, 9.17) is 9.15 Å². The molecule has 0 saturated carbocycles. The van der Waals surface area contributed by atoms with Gasteiger partial charge in [0, 0.05) is 13.2 Å². The number of likely N-dealkylation sites (N-methyl/N-ethyl adjacent to an activating group) is 1. The van der Waals surface area contributed by atoms with Gasteiger partial charge in [-0.05, 0) is 17.7 Å². The Morgan fingerprint density at radius 1 is 1.21 bits per heavy atom. The van der Waals surface area contributed by atoms with Crippen molar-refractivity contribution in [3.05, 3.63) is 66.0 Å². The van der Waals surface area contributed by atoms with Crippen molar-refractivity contribution >= 4 is 17.6 Å². The average Bonchev–Trinajstić information content (AvgIpc) is 3.15. The first-order valence-electron chi connectivity index (χ1n) is 8.64. The van der Waals surface area contributed by atoms with Gasteiger partial charge in [0.1, 0.15) is 12.6 Å². The summed E-state index contributed by atoms with van der Waals surface area (Å²) in [5.74, 6) is -0.0177. The van der Waals surface area contributed by atoms with E-state index in [1.165, 1.54) is 4.90 Å². The number of carbonyl (C=O) groups excluding carboxylic acids is 2. The molecule has 0 fully saturated rings. The van der Waals surface area contributed by atoms with Gasteiger partial charge in [0.05, 0.1) is 6.42 Å². The Morgan fingerprint density at radius 2 is 2.04 bits per heavy atom. The number of pyridine rings is 1. The standard InChI is InChI=1S/C19H17N5O4/c1-24-16-14(8-5-9-20-16)27-11-13(19(24)26)21-17(25)18-23-22-15(28-18)10-12-6-3-2-4-7-12/h2-9,13H,10-11H2,1H3,(H,21,25). The number of benzene rings is 1. The molecule has 0 saturated heterocycles. The van der Waals surface area contributed by atoms with Crippen molar-refractivity contribution in [2.45, 2.75) is 12.5 Å². The van der Waals surface area contributed by atoms with Crippen LogP contribution in [0.15, 0.2) is 53.1 Å². The lowest BCUT2D eigenvalue weighted by molar-refractivity contribution is -0.120. The summed E-state index contributed by atoms with van der Waals surface area (Å²) in [4.78, 5) is 30.6. The van der Waals surface area contributed by atoms with Crippen molar-refractivity contribution in [1.29, 1.82) is 0 Å². The second-order valence-electron chi connectivity index (χ2n) is 6.22. The number of aromatic nitrogens is 3. The number of hydrogen-bond acceptors (Lipinski definition) is 7. The van der Waals surface area contributed by atoms with E-state index in [0.717, 1.165) is 5.56 Å². The summed E-state index contributed by atoms with van der Waals surface area (Å²) in [6.07, 6.45) is 1.98. The van der Waals surface area contributed by atoms with Crippen molar-refractivity contribution < 1.29 is 18.7 Å². The van der Waals surface area contributed by atoms with Gasteiger partial charge in [0.2, 0.25) is 5.89 Å². The maximum absolute atomic E-state index is 12.6. The monoisotopic (exact) mass is 379 g/mol. The lowest BCUT2D eigenvalue weighted by atomic mass is 10.2. The average molecular weight is 379 g/mol. The predicted octanol–water partition coefficient (Wildman–Crippen LogP) is 1.21. The molecular weight excluding hydrogens is 362 g/mol. The van der Waals surface area contributed by atoms with E-state index in [1.807, 2.05) is 30.3 Å². The largest absolute Gasteiger partial charge is 0.487 e. The minimum absolute atomic E-state index is 0.0292. The molecule has 0 spiro atoms. The van der Waals surface area contributed by atoms with Crippen LogP contribution in [0.5, 0.6) is 5.75 Å². The number of rotatable bonds is 4. The first-order valence-corrected chi connectivity index (χ1v) is 8.64. The predicted molar refractivity (Wildman–Crippen MR) is 97.9 cm³/mol. The fourth-order valence-electron chi connectivity index (χ4n) is 2.84. The first kappa shape index (κ1) is 17.7. The summed E-state index contributed by atoms with van der Waals surface area (Å²) >= 11 is 0. The summed E-state index contributed by atoms with van der Waals surface area (Å²) in [5, 5.41) is 10.3. The third-order valence-corrected chi connectivity index (χ3v) is 4.27. The van der Waals surface area contributed by atoms with Crippen LogP contribution in [0.3, 0.4) is 0 Å². The van der Waals surface area contributed by atoms with E-state index < -0.39 is 11.9 Å². The maximum Gasteiger partial charge on any atom is 0.309 e. The third-order valence-electron chi connectivity index (χ3n) is 4.27. The number of fused-ring (bicyclic) bond motifs is 1. The molecule has 1 aliphatic heterocycles. The van der Waals surface area contributed by atoms with E-state index in [0.29, 0.717) is 23.9 Å². The summed E-state index contributed by atoms with van der Waals surface area (Å²) in [6, 6.07) is 12.1. The Kier molecular flexibility index (Phi) is 4.71. The van der Waals surface area contributed by atoms with Crippen molar-refractivity contribution in [3.63, 3.8) is 0 Å². The zero-order chi connectivity index (χ0) is 19.5. The summed E-state index contributed by atoms with van der Waals surface area (Å²) in [5.41, 5.74) is 0.984. The molecule has 4 rings (SSSR count). The molecule has 1 atom stereocenters. The molecule has 2 aromatic heterocycles. The smallest absolute Gasteiger partial charge is 0.309 e. The Hall–Kier alpha value is -3.75. The molecule has 0 radical (unpaired) electrons. The van der Waals surface area contributed by atoms with Crippen molar-refractivity contribution in [2.24, 2.45) is 0 Å². The molecule has 1 unspecified atom stereocenters. The SMILES string of the molecule is CN1C(=O)C(NC(=O)c2nnc(Cc3ccccc3)o2)COc2cccnc21.